The van der Waals surface area contributed by atoms with Crippen molar-refractivity contribution in [3.63, 3.8) is 0 Å². The Morgan fingerprint density at radius 1 is 1.05 bits per heavy atom. The molecular formula is C14H12BrN3O2S. The fourth-order valence-electron chi connectivity index (χ4n) is 1.54. The topological polar surface area (TPSA) is 73.4 Å². The second-order valence-corrected chi connectivity index (χ2v) is 5.38. The molecule has 108 valence electrons. The molecule has 0 aromatic heterocycles. The Hall–Kier alpha value is -2.12. The predicted octanol–water partition coefficient (Wildman–Crippen LogP) is 2.79. The molecule has 2 aromatic rings. The Labute approximate surface area is 135 Å². The molecule has 0 atom stereocenters. The number of carbonyl (C=O) groups is 1. The van der Waals surface area contributed by atoms with Crippen molar-refractivity contribution >= 4 is 44.9 Å². The lowest BCUT2D eigenvalue weighted by molar-refractivity contribution is 0.0941. The molecule has 2 aromatic carbocycles. The first-order valence-corrected chi connectivity index (χ1v) is 7.17. The molecule has 1 amide bonds. The zero-order chi connectivity index (χ0) is 15.2. The lowest BCUT2D eigenvalue weighted by atomic mass is 10.2. The number of benzene rings is 2. The zero-order valence-electron chi connectivity index (χ0n) is 10.8. The van der Waals surface area contributed by atoms with Crippen molar-refractivity contribution in [1.82, 2.24) is 10.9 Å². The minimum Gasteiger partial charge on any atom is -0.507 e. The number of aromatic hydroxyl groups is 1. The molecule has 0 unspecified atom stereocenters. The van der Waals surface area contributed by atoms with E-state index in [0.29, 0.717) is 0 Å². The maximum absolute atomic E-state index is 11.8. The fraction of sp³-hybridized carbons (Fsp3) is 0. The van der Waals surface area contributed by atoms with Gasteiger partial charge in [-0.1, -0.05) is 28.1 Å². The van der Waals surface area contributed by atoms with E-state index in [2.05, 4.69) is 32.1 Å². The van der Waals surface area contributed by atoms with Gasteiger partial charge in [-0.05, 0) is 48.6 Å². The third-order valence-corrected chi connectivity index (χ3v) is 3.27. The van der Waals surface area contributed by atoms with Gasteiger partial charge in [0.15, 0.2) is 5.11 Å². The molecule has 0 saturated carbocycles. The van der Waals surface area contributed by atoms with Crippen molar-refractivity contribution in [3.8, 4) is 5.75 Å². The maximum atomic E-state index is 11.8. The standard InChI is InChI=1S/C14H12BrN3O2S/c15-9-5-7-10(8-6-9)16-14(21)18-17-13(20)11-3-1-2-4-12(11)19/h1-8,19H,(H,17,20)(H2,16,18,21). The summed E-state index contributed by atoms with van der Waals surface area (Å²) in [4.78, 5) is 11.8. The summed E-state index contributed by atoms with van der Waals surface area (Å²) >= 11 is 8.40. The second kappa shape index (κ2) is 7.05. The second-order valence-electron chi connectivity index (χ2n) is 4.06. The number of phenolic OH excluding ortho intramolecular Hbond substituents is 1. The van der Waals surface area contributed by atoms with E-state index < -0.39 is 5.91 Å². The van der Waals surface area contributed by atoms with Crippen LogP contribution in [0.4, 0.5) is 5.69 Å². The normalized spacial score (nSPS) is 9.76. The quantitative estimate of drug-likeness (QED) is 0.486. The molecule has 21 heavy (non-hydrogen) atoms. The van der Waals surface area contributed by atoms with Crippen LogP contribution in [0.5, 0.6) is 5.75 Å². The Bertz CT molecular complexity index is 662. The van der Waals surface area contributed by atoms with Gasteiger partial charge in [-0.3, -0.25) is 15.6 Å². The predicted molar refractivity (Wildman–Crippen MR) is 89.1 cm³/mol. The summed E-state index contributed by atoms with van der Waals surface area (Å²) in [7, 11) is 0. The molecule has 0 spiro atoms. The van der Waals surface area contributed by atoms with Crippen molar-refractivity contribution in [2.75, 3.05) is 5.32 Å². The summed E-state index contributed by atoms with van der Waals surface area (Å²) in [6.45, 7) is 0. The van der Waals surface area contributed by atoms with Crippen LogP contribution >= 0.6 is 28.1 Å². The van der Waals surface area contributed by atoms with Crippen LogP contribution in [0.25, 0.3) is 0 Å². The summed E-state index contributed by atoms with van der Waals surface area (Å²) < 4.78 is 0.958. The van der Waals surface area contributed by atoms with Crippen LogP contribution in [0.1, 0.15) is 10.4 Å². The number of phenols is 1. The molecule has 0 bridgehead atoms. The van der Waals surface area contributed by atoms with Gasteiger partial charge in [-0.25, -0.2) is 0 Å². The Morgan fingerprint density at radius 2 is 1.71 bits per heavy atom. The third kappa shape index (κ3) is 4.44. The first-order valence-electron chi connectivity index (χ1n) is 5.97. The number of halogens is 1. The van der Waals surface area contributed by atoms with E-state index in [4.69, 9.17) is 12.2 Å². The van der Waals surface area contributed by atoms with Gasteiger partial charge in [0.05, 0.1) is 5.56 Å². The van der Waals surface area contributed by atoms with E-state index in [1.807, 2.05) is 24.3 Å². The SMILES string of the molecule is O=C(NNC(=S)Nc1ccc(Br)cc1)c1ccccc1O. The number of hydrogen-bond donors (Lipinski definition) is 4. The van der Waals surface area contributed by atoms with Crippen molar-refractivity contribution in [2.45, 2.75) is 0 Å². The minimum absolute atomic E-state index is 0.0939. The summed E-state index contributed by atoms with van der Waals surface area (Å²) in [6, 6.07) is 13.7. The molecule has 0 saturated heterocycles. The summed E-state index contributed by atoms with van der Waals surface area (Å²) in [6.07, 6.45) is 0. The largest absolute Gasteiger partial charge is 0.507 e. The fourth-order valence-corrected chi connectivity index (χ4v) is 1.98. The zero-order valence-corrected chi connectivity index (χ0v) is 13.2. The highest BCUT2D eigenvalue weighted by Crippen LogP contribution is 2.15. The number of para-hydroxylation sites is 1. The molecule has 2 rings (SSSR count). The lowest BCUT2D eigenvalue weighted by Gasteiger charge is -2.12. The molecule has 0 aliphatic rings. The molecular weight excluding hydrogens is 354 g/mol. The Morgan fingerprint density at radius 3 is 2.38 bits per heavy atom. The maximum Gasteiger partial charge on any atom is 0.273 e. The molecule has 5 nitrogen and oxygen atoms in total. The number of carbonyl (C=O) groups excluding carboxylic acids is 1. The van der Waals surface area contributed by atoms with E-state index in [1.165, 1.54) is 12.1 Å². The average Bonchev–Trinajstić information content (AvgIpc) is 2.48. The van der Waals surface area contributed by atoms with Gasteiger partial charge < -0.3 is 10.4 Å². The summed E-state index contributed by atoms with van der Waals surface area (Å²) in [5.74, 6) is -0.573. The van der Waals surface area contributed by atoms with Gasteiger partial charge in [-0.15, -0.1) is 0 Å². The van der Waals surface area contributed by atoms with Crippen LogP contribution in [0.3, 0.4) is 0 Å². The molecule has 0 heterocycles. The van der Waals surface area contributed by atoms with Crippen LogP contribution < -0.4 is 16.2 Å². The molecule has 0 aliphatic carbocycles. The van der Waals surface area contributed by atoms with E-state index in [9.17, 15) is 9.90 Å². The highest BCUT2D eigenvalue weighted by atomic mass is 79.9. The van der Waals surface area contributed by atoms with E-state index in [1.54, 1.807) is 12.1 Å². The first-order chi connectivity index (χ1) is 10.1. The number of thiocarbonyl (C=S) groups is 1. The molecule has 0 radical (unpaired) electrons. The number of hydrazine groups is 1. The van der Waals surface area contributed by atoms with Gasteiger partial charge in [0.25, 0.3) is 5.91 Å². The first kappa shape index (κ1) is 15.3. The number of amides is 1. The minimum atomic E-state index is -0.479. The highest BCUT2D eigenvalue weighted by Gasteiger charge is 2.09. The van der Waals surface area contributed by atoms with Crippen molar-refractivity contribution in [2.24, 2.45) is 0 Å². The van der Waals surface area contributed by atoms with Crippen molar-refractivity contribution in [1.29, 1.82) is 0 Å². The number of hydrogen-bond acceptors (Lipinski definition) is 3. The van der Waals surface area contributed by atoms with Gasteiger partial charge in [0, 0.05) is 10.2 Å². The van der Waals surface area contributed by atoms with Gasteiger partial charge in [-0.2, -0.15) is 0 Å². The van der Waals surface area contributed by atoms with Crippen molar-refractivity contribution in [3.05, 3.63) is 58.6 Å². The number of nitrogens with one attached hydrogen (secondary N) is 3. The lowest BCUT2D eigenvalue weighted by Crippen LogP contribution is -2.43. The van der Waals surface area contributed by atoms with E-state index >= 15 is 0 Å². The van der Waals surface area contributed by atoms with Crippen LogP contribution in [-0.4, -0.2) is 16.1 Å². The monoisotopic (exact) mass is 365 g/mol. The van der Waals surface area contributed by atoms with E-state index in [-0.39, 0.29) is 16.4 Å². The highest BCUT2D eigenvalue weighted by molar-refractivity contribution is 9.10. The number of anilines is 1. The van der Waals surface area contributed by atoms with Gasteiger partial charge in [0.2, 0.25) is 0 Å². The van der Waals surface area contributed by atoms with Gasteiger partial charge in [0.1, 0.15) is 5.75 Å². The van der Waals surface area contributed by atoms with Gasteiger partial charge >= 0.3 is 0 Å². The van der Waals surface area contributed by atoms with Crippen LogP contribution in [0.15, 0.2) is 53.0 Å². The van der Waals surface area contributed by atoms with Crippen LogP contribution in [0.2, 0.25) is 0 Å². The Balaban J connectivity index is 1.88. The Kier molecular flexibility index (Phi) is 5.13. The average molecular weight is 366 g/mol. The summed E-state index contributed by atoms with van der Waals surface area (Å²) in [5, 5.41) is 12.7. The van der Waals surface area contributed by atoms with Crippen molar-refractivity contribution < 1.29 is 9.90 Å². The summed E-state index contributed by atoms with van der Waals surface area (Å²) in [5.41, 5.74) is 5.93. The van der Waals surface area contributed by atoms with E-state index in [0.717, 1.165) is 10.2 Å². The number of rotatable bonds is 2. The third-order valence-electron chi connectivity index (χ3n) is 2.54. The molecule has 0 aliphatic heterocycles. The van der Waals surface area contributed by atoms with Crippen LogP contribution in [-0.2, 0) is 0 Å². The van der Waals surface area contributed by atoms with Crippen LogP contribution in [0, 0.1) is 0 Å². The molecule has 0 fully saturated rings. The smallest absolute Gasteiger partial charge is 0.273 e. The molecule has 4 N–H and O–H groups in total. The molecule has 7 heteroatoms.